The van der Waals surface area contributed by atoms with Crippen LogP contribution in [0.25, 0.3) is 0 Å². The third kappa shape index (κ3) is 4.86. The highest BCUT2D eigenvalue weighted by Crippen LogP contribution is 2.27. The molecular formula is C18H16BrClN4O5S. The lowest BCUT2D eigenvalue weighted by Gasteiger charge is -2.22. The number of halogens is 2. The Kier molecular flexibility index (Phi) is 6.86. The highest BCUT2D eigenvalue weighted by molar-refractivity contribution is 9.10. The molecule has 30 heavy (non-hydrogen) atoms. The fourth-order valence-electron chi connectivity index (χ4n) is 3.03. The molecule has 0 radical (unpaired) electrons. The smallest absolute Gasteiger partial charge is 0.271 e. The maximum absolute atomic E-state index is 12.9. The van der Waals surface area contributed by atoms with E-state index in [1.54, 1.807) is 6.07 Å². The lowest BCUT2D eigenvalue weighted by atomic mass is 10.2. The zero-order valence-electron chi connectivity index (χ0n) is 15.4. The van der Waals surface area contributed by atoms with E-state index in [1.165, 1.54) is 42.6 Å². The molecule has 3 rings (SSSR count). The lowest BCUT2D eigenvalue weighted by molar-refractivity contribution is -0.385. The molecule has 1 aliphatic heterocycles. The van der Waals surface area contributed by atoms with E-state index in [1.807, 2.05) is 0 Å². The number of nitro groups is 1. The van der Waals surface area contributed by atoms with Gasteiger partial charge in [-0.2, -0.15) is 9.41 Å². The van der Waals surface area contributed by atoms with Crippen molar-refractivity contribution in [2.24, 2.45) is 5.10 Å². The Hall–Kier alpha value is -2.34. The second kappa shape index (κ2) is 9.21. The zero-order valence-corrected chi connectivity index (χ0v) is 18.5. The summed E-state index contributed by atoms with van der Waals surface area (Å²) in [4.78, 5) is 23.0. The summed E-state index contributed by atoms with van der Waals surface area (Å²) in [5.41, 5.74) is 2.59. The van der Waals surface area contributed by atoms with E-state index in [9.17, 15) is 23.3 Å². The van der Waals surface area contributed by atoms with Crippen molar-refractivity contribution in [1.29, 1.82) is 0 Å². The van der Waals surface area contributed by atoms with E-state index in [0.29, 0.717) is 27.9 Å². The summed E-state index contributed by atoms with van der Waals surface area (Å²) in [5, 5.41) is 15.2. The van der Waals surface area contributed by atoms with Gasteiger partial charge in [-0.3, -0.25) is 14.9 Å². The summed E-state index contributed by atoms with van der Waals surface area (Å²) in [6, 6.07) is 9.21. The van der Waals surface area contributed by atoms with E-state index >= 15 is 0 Å². The second-order valence-corrected chi connectivity index (χ2v) is 9.61. The van der Waals surface area contributed by atoms with Crippen LogP contribution in [0.4, 0.5) is 5.69 Å². The molecule has 158 valence electrons. The molecule has 1 heterocycles. The first-order valence-corrected chi connectivity index (χ1v) is 11.4. The maximum atomic E-state index is 12.9. The molecule has 0 unspecified atom stereocenters. The number of carbonyl (C=O) groups is 1. The Bertz CT molecular complexity index is 1110. The van der Waals surface area contributed by atoms with Gasteiger partial charge in [0.1, 0.15) is 6.04 Å². The Morgan fingerprint density at radius 3 is 2.67 bits per heavy atom. The van der Waals surface area contributed by atoms with Crippen molar-refractivity contribution in [3.63, 3.8) is 0 Å². The van der Waals surface area contributed by atoms with Crippen LogP contribution in [0.2, 0.25) is 5.02 Å². The lowest BCUT2D eigenvalue weighted by Crippen LogP contribution is -2.44. The molecule has 0 spiro atoms. The van der Waals surface area contributed by atoms with E-state index in [4.69, 9.17) is 11.6 Å². The van der Waals surface area contributed by atoms with Crippen LogP contribution in [-0.2, 0) is 14.8 Å². The van der Waals surface area contributed by atoms with Crippen LogP contribution >= 0.6 is 27.5 Å². The van der Waals surface area contributed by atoms with E-state index in [-0.39, 0.29) is 17.1 Å². The largest absolute Gasteiger partial charge is 0.284 e. The molecule has 2 aromatic carbocycles. The zero-order chi connectivity index (χ0) is 21.9. The normalized spacial score (nSPS) is 17.3. The van der Waals surface area contributed by atoms with Crippen LogP contribution < -0.4 is 5.43 Å². The molecule has 1 fully saturated rings. The number of nitro benzene ring substituents is 1. The molecule has 9 nitrogen and oxygen atoms in total. The number of carbonyl (C=O) groups excluding carboxylic acids is 1. The maximum Gasteiger partial charge on any atom is 0.284 e. The van der Waals surface area contributed by atoms with Gasteiger partial charge in [0, 0.05) is 23.2 Å². The van der Waals surface area contributed by atoms with Crippen molar-refractivity contribution in [1.82, 2.24) is 9.73 Å². The van der Waals surface area contributed by atoms with Gasteiger partial charge >= 0.3 is 0 Å². The predicted molar refractivity (Wildman–Crippen MR) is 115 cm³/mol. The highest BCUT2D eigenvalue weighted by atomic mass is 79.9. The predicted octanol–water partition coefficient (Wildman–Crippen LogP) is 3.31. The number of benzene rings is 2. The van der Waals surface area contributed by atoms with Crippen LogP contribution in [0.15, 0.2) is 56.9 Å². The van der Waals surface area contributed by atoms with Gasteiger partial charge in [-0.05, 0) is 59.1 Å². The van der Waals surface area contributed by atoms with Gasteiger partial charge in [0.15, 0.2) is 0 Å². The molecule has 2 aromatic rings. The van der Waals surface area contributed by atoms with Gasteiger partial charge in [0.25, 0.3) is 11.6 Å². The number of amides is 1. The molecule has 0 saturated carbocycles. The summed E-state index contributed by atoms with van der Waals surface area (Å²) in [6.45, 7) is 0.214. The van der Waals surface area contributed by atoms with Crippen molar-refractivity contribution in [2.75, 3.05) is 6.54 Å². The monoisotopic (exact) mass is 514 g/mol. The Morgan fingerprint density at radius 1 is 1.30 bits per heavy atom. The van der Waals surface area contributed by atoms with Crippen molar-refractivity contribution >= 4 is 55.4 Å². The number of hydrogen-bond acceptors (Lipinski definition) is 6. The van der Waals surface area contributed by atoms with E-state index < -0.39 is 26.9 Å². The fraction of sp³-hybridized carbons (Fsp3) is 0.222. The molecular weight excluding hydrogens is 500 g/mol. The molecule has 1 amide bonds. The minimum Gasteiger partial charge on any atom is -0.271 e. The van der Waals surface area contributed by atoms with Gasteiger partial charge < -0.3 is 0 Å². The Morgan fingerprint density at radius 2 is 2.00 bits per heavy atom. The van der Waals surface area contributed by atoms with Crippen molar-refractivity contribution in [2.45, 2.75) is 23.8 Å². The molecule has 1 N–H and O–H groups in total. The Balaban J connectivity index is 1.72. The van der Waals surface area contributed by atoms with Gasteiger partial charge in [0.2, 0.25) is 10.0 Å². The Labute approximate surface area is 186 Å². The van der Waals surface area contributed by atoms with Crippen molar-refractivity contribution in [3.8, 4) is 0 Å². The number of hydrogen-bond donors (Lipinski definition) is 1. The van der Waals surface area contributed by atoms with E-state index in [2.05, 4.69) is 26.5 Å². The molecule has 1 aliphatic rings. The summed E-state index contributed by atoms with van der Waals surface area (Å²) in [6.07, 6.45) is 2.15. The quantitative estimate of drug-likeness (QED) is 0.359. The number of hydrazone groups is 1. The standard InChI is InChI=1S/C18H16BrClN4O5S/c19-15-8-3-12(10-17(15)24(26)27)11-21-22-18(25)16-2-1-9-23(16)30(28,29)14-6-4-13(20)5-7-14/h3-8,10-11,16H,1-2,9H2,(H,22,25)/b21-11-/t16-/m1/s1. The summed E-state index contributed by atoms with van der Waals surface area (Å²) in [7, 11) is -3.86. The molecule has 12 heteroatoms. The number of nitrogens with zero attached hydrogens (tertiary/aromatic N) is 3. The summed E-state index contributed by atoms with van der Waals surface area (Å²) in [5.74, 6) is -0.576. The third-order valence-corrected chi connectivity index (χ3v) is 7.33. The van der Waals surface area contributed by atoms with Crippen molar-refractivity contribution in [3.05, 3.63) is 67.6 Å². The molecule has 0 aromatic heterocycles. The van der Waals surface area contributed by atoms with Crippen LogP contribution in [0.3, 0.4) is 0 Å². The first-order chi connectivity index (χ1) is 14.2. The van der Waals surface area contributed by atoms with Crippen LogP contribution in [0, 0.1) is 10.1 Å². The van der Waals surface area contributed by atoms with Gasteiger partial charge in [0.05, 0.1) is 20.5 Å². The average molecular weight is 516 g/mol. The summed E-state index contributed by atoms with van der Waals surface area (Å²) < 4.78 is 27.2. The van der Waals surface area contributed by atoms with Crippen LogP contribution in [0.5, 0.6) is 0 Å². The first kappa shape index (κ1) is 22.3. The minimum atomic E-state index is -3.86. The third-order valence-electron chi connectivity index (χ3n) is 4.48. The second-order valence-electron chi connectivity index (χ2n) is 6.43. The topological polar surface area (TPSA) is 122 Å². The van der Waals surface area contributed by atoms with Gasteiger partial charge in [-0.15, -0.1) is 0 Å². The first-order valence-electron chi connectivity index (χ1n) is 8.74. The highest BCUT2D eigenvalue weighted by Gasteiger charge is 2.39. The summed E-state index contributed by atoms with van der Waals surface area (Å²) >= 11 is 8.91. The number of rotatable bonds is 6. The minimum absolute atomic E-state index is 0.0530. The van der Waals surface area contributed by atoms with E-state index in [0.717, 1.165) is 4.31 Å². The number of sulfonamides is 1. The molecule has 0 bridgehead atoms. The molecule has 1 atom stereocenters. The average Bonchev–Trinajstić information content (AvgIpc) is 3.20. The fourth-order valence-corrected chi connectivity index (χ4v) is 5.20. The SMILES string of the molecule is O=C(N/N=C\c1ccc(Br)c([N+](=O)[O-])c1)[C@H]1CCCN1S(=O)(=O)c1ccc(Cl)cc1. The van der Waals surface area contributed by atoms with Gasteiger partial charge in [-0.25, -0.2) is 13.8 Å². The molecule has 1 saturated heterocycles. The van der Waals surface area contributed by atoms with Crippen LogP contribution in [0.1, 0.15) is 18.4 Å². The van der Waals surface area contributed by atoms with Crippen molar-refractivity contribution < 1.29 is 18.1 Å². The van der Waals surface area contributed by atoms with Crippen LogP contribution in [-0.4, -0.2) is 42.4 Å². The molecule has 0 aliphatic carbocycles. The number of nitrogens with one attached hydrogen (secondary N) is 1. The van der Waals surface area contributed by atoms with Gasteiger partial charge in [-0.1, -0.05) is 17.7 Å².